The lowest BCUT2D eigenvalue weighted by Gasteiger charge is -1.98. The second-order valence-corrected chi connectivity index (χ2v) is 3.38. The Morgan fingerprint density at radius 2 is 2.08 bits per heavy atom. The van der Waals surface area contributed by atoms with Crippen molar-refractivity contribution in [3.05, 3.63) is 36.0 Å². The van der Waals surface area contributed by atoms with Gasteiger partial charge < -0.3 is 0 Å². The van der Waals surface area contributed by atoms with E-state index in [2.05, 4.69) is 28.6 Å². The van der Waals surface area contributed by atoms with Crippen LogP contribution in [-0.2, 0) is 0 Å². The van der Waals surface area contributed by atoms with Gasteiger partial charge in [0, 0.05) is 0 Å². The summed E-state index contributed by atoms with van der Waals surface area (Å²) in [5.41, 5.74) is 2.50. The first-order chi connectivity index (χ1) is 5.88. The summed E-state index contributed by atoms with van der Waals surface area (Å²) < 4.78 is 3.83. The molecule has 12 heavy (non-hydrogen) atoms. The number of benzene rings is 1. The van der Waals surface area contributed by atoms with Gasteiger partial charge in [0.15, 0.2) is 0 Å². The minimum atomic E-state index is 1.13. The monoisotopic (exact) mass is 176 g/mol. The second kappa shape index (κ2) is 3.03. The molecule has 0 atom stereocenters. The van der Waals surface area contributed by atoms with Gasteiger partial charge >= 0.3 is 0 Å². The van der Waals surface area contributed by atoms with Crippen LogP contribution in [0.3, 0.4) is 0 Å². The molecule has 1 aromatic carbocycles. The van der Waals surface area contributed by atoms with E-state index in [1.807, 2.05) is 12.1 Å². The largest absolute Gasteiger partial charge is 0.146 e. The predicted octanol–water partition coefficient (Wildman–Crippen LogP) is 2.51. The fraction of sp³-hybridized carbons (Fsp3) is 0.111. The molecule has 2 aromatic rings. The highest BCUT2D eigenvalue weighted by molar-refractivity contribution is 7.09. The molecule has 0 bridgehead atoms. The molecule has 0 fully saturated rings. The highest BCUT2D eigenvalue weighted by Gasteiger charge is 2.01. The number of nitrogens with zero attached hydrogens (tertiary/aromatic N) is 2. The standard InChI is InChI=1S/C9H8N2S/c1-7-4-2-3-5-8(7)9-6-10-11-12-9/h2-6H,1H3. The first kappa shape index (κ1) is 7.43. The van der Waals surface area contributed by atoms with E-state index >= 15 is 0 Å². The van der Waals surface area contributed by atoms with Gasteiger partial charge in [-0.3, -0.25) is 0 Å². The van der Waals surface area contributed by atoms with Crippen molar-refractivity contribution in [1.29, 1.82) is 0 Å². The van der Waals surface area contributed by atoms with E-state index in [0.29, 0.717) is 0 Å². The smallest absolute Gasteiger partial charge is 0.0756 e. The van der Waals surface area contributed by atoms with Crippen LogP contribution in [-0.4, -0.2) is 9.59 Å². The highest BCUT2D eigenvalue weighted by atomic mass is 32.1. The molecule has 2 nitrogen and oxygen atoms in total. The highest BCUT2D eigenvalue weighted by Crippen LogP contribution is 2.24. The molecular weight excluding hydrogens is 168 g/mol. The third kappa shape index (κ3) is 1.23. The normalized spacial score (nSPS) is 10.1. The van der Waals surface area contributed by atoms with Gasteiger partial charge in [-0.1, -0.05) is 28.8 Å². The molecule has 1 heterocycles. The number of hydrogen-bond donors (Lipinski definition) is 0. The van der Waals surface area contributed by atoms with Crippen LogP contribution in [0.1, 0.15) is 5.56 Å². The number of aromatic nitrogens is 2. The zero-order valence-electron chi connectivity index (χ0n) is 6.69. The lowest BCUT2D eigenvalue weighted by molar-refractivity contribution is 1.16. The average Bonchev–Trinajstić information content (AvgIpc) is 2.57. The summed E-state index contributed by atoms with van der Waals surface area (Å²) in [5, 5.41) is 3.81. The zero-order chi connectivity index (χ0) is 8.39. The van der Waals surface area contributed by atoms with E-state index in [1.165, 1.54) is 22.7 Å². The molecule has 0 amide bonds. The van der Waals surface area contributed by atoms with Gasteiger partial charge in [-0.25, -0.2) is 0 Å². The molecule has 3 heteroatoms. The molecule has 2 rings (SSSR count). The molecule has 0 saturated heterocycles. The summed E-state index contributed by atoms with van der Waals surface area (Å²) in [6, 6.07) is 8.24. The van der Waals surface area contributed by atoms with Crippen molar-refractivity contribution in [1.82, 2.24) is 9.59 Å². The van der Waals surface area contributed by atoms with Crippen LogP contribution in [0, 0.1) is 6.92 Å². The van der Waals surface area contributed by atoms with E-state index in [0.717, 1.165) is 4.88 Å². The van der Waals surface area contributed by atoms with Gasteiger partial charge in [0.05, 0.1) is 11.1 Å². The Kier molecular flexibility index (Phi) is 1.87. The summed E-state index contributed by atoms with van der Waals surface area (Å²) in [5.74, 6) is 0. The van der Waals surface area contributed by atoms with Crippen molar-refractivity contribution in [2.45, 2.75) is 6.92 Å². The van der Waals surface area contributed by atoms with Gasteiger partial charge in [0.1, 0.15) is 0 Å². The molecule has 0 aliphatic heterocycles. The quantitative estimate of drug-likeness (QED) is 0.667. The van der Waals surface area contributed by atoms with Crippen LogP contribution in [0.4, 0.5) is 0 Å². The van der Waals surface area contributed by atoms with Crippen molar-refractivity contribution in [3.63, 3.8) is 0 Å². The molecule has 1 aromatic heterocycles. The van der Waals surface area contributed by atoms with Crippen LogP contribution in [0.15, 0.2) is 30.5 Å². The van der Waals surface area contributed by atoms with Gasteiger partial charge in [0.2, 0.25) is 0 Å². The maximum atomic E-state index is 3.83. The van der Waals surface area contributed by atoms with E-state index in [4.69, 9.17) is 0 Å². The predicted molar refractivity (Wildman–Crippen MR) is 50.1 cm³/mol. The first-order valence-electron chi connectivity index (χ1n) is 3.71. The van der Waals surface area contributed by atoms with Crippen molar-refractivity contribution in [2.24, 2.45) is 0 Å². The molecular formula is C9H8N2S. The van der Waals surface area contributed by atoms with Gasteiger partial charge in [0.25, 0.3) is 0 Å². The Morgan fingerprint density at radius 3 is 2.75 bits per heavy atom. The van der Waals surface area contributed by atoms with Crippen molar-refractivity contribution < 1.29 is 0 Å². The van der Waals surface area contributed by atoms with E-state index in [1.54, 1.807) is 6.20 Å². The van der Waals surface area contributed by atoms with Crippen LogP contribution < -0.4 is 0 Å². The molecule has 0 aliphatic carbocycles. The molecule has 0 saturated carbocycles. The maximum absolute atomic E-state index is 3.83. The van der Waals surface area contributed by atoms with E-state index < -0.39 is 0 Å². The summed E-state index contributed by atoms with van der Waals surface area (Å²) in [6.45, 7) is 2.09. The third-order valence-electron chi connectivity index (χ3n) is 1.77. The van der Waals surface area contributed by atoms with Gasteiger partial charge in [-0.2, -0.15) is 0 Å². The minimum absolute atomic E-state index is 1.13. The summed E-state index contributed by atoms with van der Waals surface area (Å²) in [7, 11) is 0. The Hall–Kier alpha value is -1.22. The summed E-state index contributed by atoms with van der Waals surface area (Å²) >= 11 is 1.43. The van der Waals surface area contributed by atoms with Crippen molar-refractivity contribution in [2.75, 3.05) is 0 Å². The number of rotatable bonds is 1. The molecule has 0 N–H and O–H groups in total. The van der Waals surface area contributed by atoms with Crippen LogP contribution in [0.25, 0.3) is 10.4 Å². The Morgan fingerprint density at radius 1 is 1.25 bits per heavy atom. The van der Waals surface area contributed by atoms with E-state index in [9.17, 15) is 0 Å². The van der Waals surface area contributed by atoms with Gasteiger partial charge in [-0.15, -0.1) is 5.10 Å². The average molecular weight is 176 g/mol. The molecule has 0 aliphatic rings. The summed E-state index contributed by atoms with van der Waals surface area (Å²) in [6.07, 6.45) is 1.80. The van der Waals surface area contributed by atoms with Crippen LogP contribution in [0.2, 0.25) is 0 Å². The lowest BCUT2D eigenvalue weighted by atomic mass is 10.1. The van der Waals surface area contributed by atoms with Gasteiger partial charge in [-0.05, 0) is 29.6 Å². The topological polar surface area (TPSA) is 25.8 Å². The zero-order valence-corrected chi connectivity index (χ0v) is 7.51. The maximum Gasteiger partial charge on any atom is 0.0756 e. The molecule has 0 unspecified atom stereocenters. The van der Waals surface area contributed by atoms with Crippen molar-refractivity contribution >= 4 is 11.5 Å². The number of aryl methyl sites for hydroxylation is 1. The fourth-order valence-corrected chi connectivity index (χ4v) is 1.74. The molecule has 60 valence electrons. The van der Waals surface area contributed by atoms with Crippen molar-refractivity contribution in [3.8, 4) is 10.4 Å². The SMILES string of the molecule is Cc1ccccc1-c1cnns1. The van der Waals surface area contributed by atoms with Crippen LogP contribution in [0.5, 0.6) is 0 Å². The Bertz CT molecular complexity index is 368. The molecule has 0 radical (unpaired) electrons. The van der Waals surface area contributed by atoms with E-state index in [-0.39, 0.29) is 0 Å². The lowest BCUT2D eigenvalue weighted by Crippen LogP contribution is -1.77. The second-order valence-electron chi connectivity index (χ2n) is 2.60. The molecule has 0 spiro atoms. The third-order valence-corrected chi connectivity index (χ3v) is 2.47. The summed E-state index contributed by atoms with van der Waals surface area (Å²) in [4.78, 5) is 1.13. The Labute approximate surface area is 75.0 Å². The fourth-order valence-electron chi connectivity index (χ4n) is 1.14. The Balaban J connectivity index is 2.55. The van der Waals surface area contributed by atoms with Crippen LogP contribution >= 0.6 is 11.5 Å². The minimum Gasteiger partial charge on any atom is -0.146 e. The number of hydrogen-bond acceptors (Lipinski definition) is 3. The first-order valence-corrected chi connectivity index (χ1v) is 4.48.